The summed E-state index contributed by atoms with van der Waals surface area (Å²) in [6, 6.07) is 63.4. The molecule has 0 saturated heterocycles. The summed E-state index contributed by atoms with van der Waals surface area (Å²) in [5, 5.41) is 8.17. The molecule has 2 aliphatic rings. The first kappa shape index (κ1) is 35.0. The van der Waals surface area contributed by atoms with Crippen LogP contribution in [0.5, 0.6) is 0 Å². The van der Waals surface area contributed by atoms with Crippen LogP contribution in [0.15, 0.2) is 207 Å². The van der Waals surface area contributed by atoms with Gasteiger partial charge in [-0.3, -0.25) is 0 Å². The highest BCUT2D eigenvalue weighted by Gasteiger charge is 2.26. The van der Waals surface area contributed by atoms with Crippen LogP contribution in [0.4, 0.5) is 17.1 Å². The van der Waals surface area contributed by atoms with E-state index < -0.39 is 0 Å². The summed E-state index contributed by atoms with van der Waals surface area (Å²) >= 11 is 0. The van der Waals surface area contributed by atoms with Crippen molar-refractivity contribution < 1.29 is 8.83 Å². The number of para-hydroxylation sites is 2. The molecule has 1 aliphatic heterocycles. The molecule has 0 radical (unpaired) electrons. The molecule has 12 rings (SSSR count). The van der Waals surface area contributed by atoms with E-state index in [4.69, 9.17) is 18.8 Å². The van der Waals surface area contributed by atoms with Gasteiger partial charge in [0, 0.05) is 49.7 Å². The van der Waals surface area contributed by atoms with Gasteiger partial charge in [-0.05, 0) is 107 Å². The Balaban J connectivity index is 1.02. The van der Waals surface area contributed by atoms with Crippen molar-refractivity contribution in [2.75, 3.05) is 4.90 Å². The Morgan fingerprint density at radius 2 is 1.21 bits per heavy atom. The number of aliphatic imine (C=N–C) groups is 2. The fourth-order valence-corrected chi connectivity index (χ4v) is 9.08. The van der Waals surface area contributed by atoms with Crippen LogP contribution >= 0.6 is 0 Å². The second kappa shape index (κ2) is 14.4. The highest BCUT2D eigenvalue weighted by molar-refractivity contribution is 6.23. The fraction of sp³-hybridized carbons (Fsp3) is 0.0545. The maximum atomic E-state index is 6.82. The summed E-state index contributed by atoms with van der Waals surface area (Å²) in [5.74, 6) is 1.45. The Kier molecular flexibility index (Phi) is 8.27. The van der Waals surface area contributed by atoms with Crippen LogP contribution in [0, 0.1) is 0 Å². The van der Waals surface area contributed by atoms with Gasteiger partial charge in [-0.25, -0.2) is 9.98 Å². The number of rotatable bonds is 7. The number of benzene rings is 8. The van der Waals surface area contributed by atoms with E-state index in [-0.39, 0.29) is 6.17 Å². The monoisotopic (exact) mass is 786 g/mol. The van der Waals surface area contributed by atoms with Crippen LogP contribution in [0.3, 0.4) is 0 Å². The van der Waals surface area contributed by atoms with Gasteiger partial charge in [0.1, 0.15) is 34.3 Å². The zero-order valence-electron chi connectivity index (χ0n) is 33.1. The SMILES string of the molecule is C1=Cc2ccc3oc4cc(-c5ccc(N(c6ccccc6)c6ccc7oc8ccccc8c7c6)cc5)cc(C5=NC(c6ccccc6)=NC(c6ccccc6)N5)c4c3c2CC1. The van der Waals surface area contributed by atoms with Crippen molar-refractivity contribution in [3.63, 3.8) is 0 Å². The number of amidine groups is 2. The van der Waals surface area contributed by atoms with Crippen molar-refractivity contribution in [3.8, 4) is 11.1 Å². The summed E-state index contributed by atoms with van der Waals surface area (Å²) in [6.07, 6.45) is 6.11. The molecule has 6 heteroatoms. The topological polar surface area (TPSA) is 66.3 Å². The van der Waals surface area contributed by atoms with Crippen LogP contribution in [0.2, 0.25) is 0 Å². The smallest absolute Gasteiger partial charge is 0.159 e. The van der Waals surface area contributed by atoms with Crippen LogP contribution in [-0.4, -0.2) is 11.7 Å². The molecule has 0 fully saturated rings. The average molecular weight is 787 g/mol. The van der Waals surface area contributed by atoms with Crippen LogP contribution in [0.25, 0.3) is 61.1 Å². The molecular weight excluding hydrogens is 749 g/mol. The van der Waals surface area contributed by atoms with E-state index >= 15 is 0 Å². The van der Waals surface area contributed by atoms with E-state index in [0.717, 1.165) is 107 Å². The van der Waals surface area contributed by atoms with Crippen LogP contribution < -0.4 is 10.2 Å². The van der Waals surface area contributed by atoms with E-state index in [1.807, 2.05) is 36.4 Å². The molecule has 0 spiro atoms. The molecule has 0 amide bonds. The summed E-state index contributed by atoms with van der Waals surface area (Å²) in [4.78, 5) is 12.8. The maximum absolute atomic E-state index is 6.82. The molecule has 8 aromatic carbocycles. The van der Waals surface area contributed by atoms with E-state index in [2.05, 4.69) is 168 Å². The molecule has 0 bridgehead atoms. The van der Waals surface area contributed by atoms with Crippen molar-refractivity contribution in [3.05, 3.63) is 216 Å². The number of nitrogens with zero attached hydrogens (tertiary/aromatic N) is 3. The minimum absolute atomic E-state index is 0.333. The molecule has 0 saturated carbocycles. The van der Waals surface area contributed by atoms with Gasteiger partial charge in [-0.1, -0.05) is 127 Å². The van der Waals surface area contributed by atoms with Crippen molar-refractivity contribution in [2.45, 2.75) is 19.0 Å². The second-order valence-corrected chi connectivity index (χ2v) is 15.7. The predicted molar refractivity (Wildman–Crippen MR) is 250 cm³/mol. The number of anilines is 3. The molecule has 6 nitrogen and oxygen atoms in total. The number of fused-ring (bicyclic) bond motifs is 8. The summed E-state index contributed by atoms with van der Waals surface area (Å²) < 4.78 is 13.0. The van der Waals surface area contributed by atoms with Crippen molar-refractivity contribution >= 4 is 78.7 Å². The summed E-state index contributed by atoms with van der Waals surface area (Å²) in [7, 11) is 0. The number of hydrogen-bond donors (Lipinski definition) is 1. The van der Waals surface area contributed by atoms with Gasteiger partial charge >= 0.3 is 0 Å². The van der Waals surface area contributed by atoms with Gasteiger partial charge in [0.2, 0.25) is 0 Å². The van der Waals surface area contributed by atoms with Gasteiger partial charge in [-0.15, -0.1) is 0 Å². The van der Waals surface area contributed by atoms with E-state index in [1.165, 1.54) is 11.1 Å². The van der Waals surface area contributed by atoms with Crippen molar-refractivity contribution in [2.24, 2.45) is 9.98 Å². The lowest BCUT2D eigenvalue weighted by Gasteiger charge is -2.26. The first-order chi connectivity index (χ1) is 30.2. The molecular formula is C55H38N4O2. The number of nitrogens with one attached hydrogen (secondary N) is 1. The lowest BCUT2D eigenvalue weighted by molar-refractivity contribution is 0.667. The summed E-state index contributed by atoms with van der Waals surface area (Å²) in [5.41, 5.74) is 14.3. The molecule has 10 aromatic rings. The van der Waals surface area contributed by atoms with Gasteiger partial charge in [0.15, 0.2) is 5.84 Å². The number of allylic oxidation sites excluding steroid dienone is 1. The van der Waals surface area contributed by atoms with Crippen LogP contribution in [-0.2, 0) is 6.42 Å². The number of hydrogen-bond acceptors (Lipinski definition) is 6. The first-order valence-electron chi connectivity index (χ1n) is 20.8. The van der Waals surface area contributed by atoms with Gasteiger partial charge in [0.05, 0.1) is 0 Å². The normalized spacial score (nSPS) is 14.9. The maximum Gasteiger partial charge on any atom is 0.159 e. The zero-order chi connectivity index (χ0) is 40.3. The Morgan fingerprint density at radius 1 is 0.525 bits per heavy atom. The minimum atomic E-state index is -0.333. The lowest BCUT2D eigenvalue weighted by atomic mass is 9.90. The molecule has 1 N–H and O–H groups in total. The third kappa shape index (κ3) is 6.11. The van der Waals surface area contributed by atoms with Gasteiger partial charge in [-0.2, -0.15) is 0 Å². The highest BCUT2D eigenvalue weighted by Crippen LogP contribution is 2.42. The number of aryl methyl sites for hydroxylation is 1. The summed E-state index contributed by atoms with van der Waals surface area (Å²) in [6.45, 7) is 0. The predicted octanol–water partition coefficient (Wildman–Crippen LogP) is 14.1. The quantitative estimate of drug-likeness (QED) is 0.175. The van der Waals surface area contributed by atoms with E-state index in [9.17, 15) is 0 Å². The van der Waals surface area contributed by atoms with Crippen molar-refractivity contribution in [1.29, 1.82) is 0 Å². The molecule has 1 unspecified atom stereocenters. The molecule has 290 valence electrons. The molecule has 1 aliphatic carbocycles. The Hall–Kier alpha value is -7.96. The fourth-order valence-electron chi connectivity index (χ4n) is 9.08. The molecule has 3 heterocycles. The van der Waals surface area contributed by atoms with E-state index in [0.29, 0.717) is 5.84 Å². The van der Waals surface area contributed by atoms with E-state index in [1.54, 1.807) is 0 Å². The highest BCUT2D eigenvalue weighted by atomic mass is 16.3. The minimum Gasteiger partial charge on any atom is -0.456 e. The number of furan rings is 2. The molecule has 2 aromatic heterocycles. The zero-order valence-corrected chi connectivity index (χ0v) is 33.1. The largest absolute Gasteiger partial charge is 0.456 e. The van der Waals surface area contributed by atoms with Gasteiger partial charge < -0.3 is 19.1 Å². The second-order valence-electron chi connectivity index (χ2n) is 15.7. The first-order valence-corrected chi connectivity index (χ1v) is 20.8. The average Bonchev–Trinajstić information content (AvgIpc) is 3.91. The van der Waals surface area contributed by atoms with Gasteiger partial charge in [0.25, 0.3) is 0 Å². The third-order valence-electron chi connectivity index (χ3n) is 12.0. The Bertz CT molecular complexity index is 3380. The Labute approximate surface area is 352 Å². The standard InChI is InChI=1S/C55H38N4O2/c1-4-15-37(16-5-1)53-56-54(38-17-6-2-7-18-38)58-55(57-53)46-32-39(33-50-52(46)51-43-21-11-10-14-36(43)26-30-49(51)61-50)35-24-27-41(28-25-35)59(40-19-8-3-9-20-40)42-29-31-48-45(34-42)44-22-12-13-23-47(44)60-48/h1-10,12-20,22-34,53H,11,21H2,(H,56,57,58). The lowest BCUT2D eigenvalue weighted by Crippen LogP contribution is -2.33. The Morgan fingerprint density at radius 3 is 2.05 bits per heavy atom. The third-order valence-corrected chi connectivity index (χ3v) is 12.0. The molecule has 61 heavy (non-hydrogen) atoms. The van der Waals surface area contributed by atoms with Crippen molar-refractivity contribution in [1.82, 2.24) is 5.32 Å². The molecule has 1 atom stereocenters. The van der Waals surface area contributed by atoms with Crippen LogP contribution in [0.1, 0.15) is 40.4 Å².